The zero-order valence-electron chi connectivity index (χ0n) is 27.6. The third-order valence-corrected chi connectivity index (χ3v) is 11.3. The van der Waals surface area contributed by atoms with Crippen molar-refractivity contribution in [1.82, 2.24) is 25.1 Å². The van der Waals surface area contributed by atoms with E-state index in [-0.39, 0.29) is 17.8 Å². The molecule has 9 nitrogen and oxygen atoms in total. The Morgan fingerprint density at radius 1 is 1.08 bits per heavy atom. The molecule has 6 aromatic rings. The van der Waals surface area contributed by atoms with Crippen molar-refractivity contribution in [3.8, 4) is 27.6 Å². The van der Waals surface area contributed by atoms with Crippen molar-refractivity contribution in [2.75, 3.05) is 19.4 Å². The molecule has 9 rings (SSSR count). The predicted octanol–water partition coefficient (Wildman–Crippen LogP) is 8.35. The number of pyridine rings is 2. The summed E-state index contributed by atoms with van der Waals surface area (Å²) >= 11 is 8.01. The van der Waals surface area contributed by atoms with E-state index in [0.29, 0.717) is 52.3 Å². The van der Waals surface area contributed by atoms with Gasteiger partial charge in [-0.15, -0.1) is 21.5 Å². The molecule has 1 atom stereocenters. The maximum atomic E-state index is 13.8. The van der Waals surface area contributed by atoms with Crippen LogP contribution >= 0.6 is 22.9 Å². The number of hydrogen-bond donors (Lipinski definition) is 1. The van der Waals surface area contributed by atoms with Crippen LogP contribution < -0.4 is 10.5 Å². The molecule has 0 spiro atoms. The van der Waals surface area contributed by atoms with Crippen molar-refractivity contribution >= 4 is 44.7 Å². The second-order valence-corrected chi connectivity index (χ2v) is 14.2. The number of amides is 1. The van der Waals surface area contributed by atoms with Crippen LogP contribution in [0.15, 0.2) is 59.1 Å². The van der Waals surface area contributed by atoms with Gasteiger partial charge in [-0.2, -0.15) is 0 Å². The fourth-order valence-corrected chi connectivity index (χ4v) is 8.84. The van der Waals surface area contributed by atoms with Gasteiger partial charge < -0.3 is 19.8 Å². The van der Waals surface area contributed by atoms with Gasteiger partial charge in [-0.05, 0) is 85.7 Å². The topological polar surface area (TPSA) is 120 Å². The van der Waals surface area contributed by atoms with Gasteiger partial charge in [0.25, 0.3) is 5.91 Å². The van der Waals surface area contributed by atoms with Crippen LogP contribution in [0.25, 0.3) is 32.0 Å². The fourth-order valence-electron chi connectivity index (χ4n) is 7.49. The molecular weight excluding hydrogens is 675 g/mol. The van der Waals surface area contributed by atoms with Gasteiger partial charge in [0.2, 0.25) is 11.8 Å². The molecular formula is C38H34ClFN6O3S. The van der Waals surface area contributed by atoms with Crippen molar-refractivity contribution in [3.63, 3.8) is 0 Å². The number of ether oxygens (including phenoxy) is 1. The minimum Gasteiger partial charge on any atom is -0.493 e. The molecule has 4 aromatic heterocycles. The van der Waals surface area contributed by atoms with E-state index in [4.69, 9.17) is 31.5 Å². The lowest BCUT2D eigenvalue weighted by atomic mass is 9.93. The number of nitrogens with two attached hydrogens (primary N) is 1. The molecule has 50 heavy (non-hydrogen) atoms. The summed E-state index contributed by atoms with van der Waals surface area (Å²) in [5.41, 5.74) is 13.3. The SMILES string of the molecule is COc1c(F)ccc2c1CCC2.Cc1nnc(-c2c(CCc3ccccc3Cl)nc3c(c2-c2cc4ccnc(N)c4s2)C(=O)N2CCCC32)o1. The van der Waals surface area contributed by atoms with E-state index in [1.54, 1.807) is 13.1 Å². The Bertz CT molecular complexity index is 2290. The summed E-state index contributed by atoms with van der Waals surface area (Å²) < 4.78 is 25.0. The minimum atomic E-state index is -0.238. The van der Waals surface area contributed by atoms with Crippen molar-refractivity contribution in [2.45, 2.75) is 57.9 Å². The normalized spacial score (nSPS) is 16.0. The molecule has 6 heterocycles. The zero-order valence-corrected chi connectivity index (χ0v) is 29.2. The number of halogens is 2. The number of nitrogen functional groups attached to an aromatic ring is 1. The van der Waals surface area contributed by atoms with Crippen molar-refractivity contribution in [2.24, 2.45) is 0 Å². The highest BCUT2D eigenvalue weighted by atomic mass is 35.5. The Labute approximate surface area is 297 Å². The van der Waals surface area contributed by atoms with Gasteiger partial charge in [-0.3, -0.25) is 9.78 Å². The molecule has 3 aliphatic rings. The van der Waals surface area contributed by atoms with Gasteiger partial charge >= 0.3 is 0 Å². The Hall–Kier alpha value is -4.87. The van der Waals surface area contributed by atoms with Crippen LogP contribution in [0.3, 0.4) is 0 Å². The number of aromatic nitrogens is 4. The molecule has 254 valence electrons. The van der Waals surface area contributed by atoms with Crippen LogP contribution in [0.5, 0.6) is 5.75 Å². The van der Waals surface area contributed by atoms with Gasteiger partial charge in [0.15, 0.2) is 11.6 Å². The molecule has 2 N–H and O–H groups in total. The number of benzene rings is 2. The first-order chi connectivity index (χ1) is 24.3. The van der Waals surface area contributed by atoms with Crippen LogP contribution in [0.2, 0.25) is 5.02 Å². The number of aryl methyl sites for hydroxylation is 4. The molecule has 2 aromatic carbocycles. The molecule has 1 unspecified atom stereocenters. The number of fused-ring (bicyclic) bond motifs is 5. The molecule has 2 aliphatic heterocycles. The molecule has 1 fully saturated rings. The monoisotopic (exact) mass is 708 g/mol. The second kappa shape index (κ2) is 13.1. The number of carbonyl (C=O) groups excluding carboxylic acids is 1. The second-order valence-electron chi connectivity index (χ2n) is 12.7. The fraction of sp³-hybridized carbons (Fsp3) is 0.289. The smallest absolute Gasteiger partial charge is 0.257 e. The number of nitrogens with zero attached hydrogens (tertiary/aromatic N) is 5. The zero-order chi connectivity index (χ0) is 34.5. The van der Waals surface area contributed by atoms with E-state index < -0.39 is 0 Å². The van der Waals surface area contributed by atoms with Crippen LogP contribution in [0.4, 0.5) is 10.2 Å². The van der Waals surface area contributed by atoms with E-state index in [9.17, 15) is 9.18 Å². The largest absolute Gasteiger partial charge is 0.493 e. The number of rotatable bonds is 6. The summed E-state index contributed by atoms with van der Waals surface area (Å²) in [5, 5.41) is 10.2. The Balaban J connectivity index is 0.000000254. The highest BCUT2D eigenvalue weighted by Gasteiger charge is 2.45. The van der Waals surface area contributed by atoms with Crippen molar-refractivity contribution in [1.29, 1.82) is 0 Å². The quantitative estimate of drug-likeness (QED) is 0.183. The average Bonchev–Trinajstić information content (AvgIpc) is 3.96. The number of anilines is 1. The highest BCUT2D eigenvalue weighted by molar-refractivity contribution is 7.22. The maximum Gasteiger partial charge on any atom is 0.257 e. The standard InChI is InChI=1S/C28H23ClN6O2S.C10H11FO/c1-14-33-34-27(37-14)21-18(9-8-15-5-2-3-6-17(15)29)32-24-19-7-4-12-35(19)28(36)23(24)22(21)20-13-16-10-11-31-26(30)25(16)38-20;1-12-10-8-4-2-3-7(8)5-6-9(10)11/h2-3,5-6,10-11,13,19H,4,7-9,12H2,1H3,(H2,30,31);5-6H,2-4H2,1H3. The van der Waals surface area contributed by atoms with Gasteiger partial charge in [-0.1, -0.05) is 35.9 Å². The minimum absolute atomic E-state index is 0.00342. The lowest BCUT2D eigenvalue weighted by Gasteiger charge is -2.16. The van der Waals surface area contributed by atoms with Gasteiger partial charge in [0.1, 0.15) is 5.82 Å². The summed E-state index contributed by atoms with van der Waals surface area (Å²) in [7, 11) is 1.52. The third-order valence-electron chi connectivity index (χ3n) is 9.77. The Kier molecular flexibility index (Phi) is 8.48. The first-order valence-electron chi connectivity index (χ1n) is 16.7. The lowest BCUT2D eigenvalue weighted by molar-refractivity contribution is 0.0776. The van der Waals surface area contributed by atoms with Crippen molar-refractivity contribution < 1.29 is 18.3 Å². The molecule has 1 saturated heterocycles. The molecule has 1 aliphatic carbocycles. The van der Waals surface area contributed by atoms with E-state index in [1.807, 2.05) is 41.3 Å². The summed E-state index contributed by atoms with van der Waals surface area (Å²) in [6.45, 7) is 2.49. The predicted molar refractivity (Wildman–Crippen MR) is 192 cm³/mol. The highest BCUT2D eigenvalue weighted by Crippen LogP contribution is 2.50. The van der Waals surface area contributed by atoms with Gasteiger partial charge in [-0.25, -0.2) is 9.37 Å². The van der Waals surface area contributed by atoms with Gasteiger partial charge in [0, 0.05) is 40.7 Å². The van der Waals surface area contributed by atoms with E-state index in [2.05, 4.69) is 21.2 Å². The summed E-state index contributed by atoms with van der Waals surface area (Å²) in [4.78, 5) is 26.1. The molecule has 0 saturated carbocycles. The number of methoxy groups -OCH3 is 1. The molecule has 1 amide bonds. The summed E-state index contributed by atoms with van der Waals surface area (Å²) in [6.07, 6.45) is 7.98. The number of thiophene rings is 1. The number of carbonyl (C=O) groups is 1. The van der Waals surface area contributed by atoms with E-state index in [0.717, 1.165) is 81.7 Å². The summed E-state index contributed by atoms with van der Waals surface area (Å²) in [5.74, 6) is 1.47. The summed E-state index contributed by atoms with van der Waals surface area (Å²) in [6, 6.07) is 15.2. The molecule has 0 radical (unpaired) electrons. The first kappa shape index (κ1) is 32.3. The number of hydrogen-bond acceptors (Lipinski definition) is 9. The molecule has 12 heteroatoms. The van der Waals surface area contributed by atoms with Crippen LogP contribution in [0, 0.1) is 12.7 Å². The van der Waals surface area contributed by atoms with E-state index >= 15 is 0 Å². The Morgan fingerprint density at radius 3 is 2.72 bits per heavy atom. The van der Waals surface area contributed by atoms with Gasteiger partial charge in [0.05, 0.1) is 40.4 Å². The van der Waals surface area contributed by atoms with Crippen LogP contribution in [-0.4, -0.2) is 44.6 Å². The van der Waals surface area contributed by atoms with Crippen molar-refractivity contribution in [3.05, 3.63) is 105 Å². The van der Waals surface area contributed by atoms with E-state index in [1.165, 1.54) is 30.1 Å². The third kappa shape index (κ3) is 5.58. The lowest BCUT2D eigenvalue weighted by Crippen LogP contribution is -2.22. The first-order valence-corrected chi connectivity index (χ1v) is 17.9. The average molecular weight is 709 g/mol. The van der Waals surface area contributed by atoms with Crippen LogP contribution in [-0.2, 0) is 25.7 Å². The maximum absolute atomic E-state index is 13.8. The van der Waals surface area contributed by atoms with Crippen LogP contribution in [0.1, 0.15) is 69.6 Å². The molecule has 0 bridgehead atoms. The Morgan fingerprint density at radius 2 is 1.94 bits per heavy atom.